The van der Waals surface area contributed by atoms with Crippen LogP contribution in [0.1, 0.15) is 36.8 Å². The fourth-order valence-corrected chi connectivity index (χ4v) is 4.02. The Bertz CT molecular complexity index is 981. The number of benzene rings is 2. The summed E-state index contributed by atoms with van der Waals surface area (Å²) in [6, 6.07) is 19.5. The molecule has 0 fully saturated rings. The van der Waals surface area contributed by atoms with Crippen LogP contribution in [0.4, 0.5) is 0 Å². The van der Waals surface area contributed by atoms with E-state index >= 15 is 0 Å². The number of amides is 1. The number of rotatable bonds is 9. The van der Waals surface area contributed by atoms with Crippen molar-refractivity contribution in [2.75, 3.05) is 12.4 Å². The van der Waals surface area contributed by atoms with Crippen LogP contribution >= 0.6 is 11.8 Å². The van der Waals surface area contributed by atoms with Gasteiger partial charge in [-0.05, 0) is 29.7 Å². The quantitative estimate of drug-likeness (QED) is 0.590. The first kappa shape index (κ1) is 22.4. The van der Waals surface area contributed by atoms with Gasteiger partial charge in [0, 0.05) is 12.3 Å². The van der Waals surface area contributed by atoms with Crippen LogP contribution in [0.15, 0.2) is 65.2 Å². The minimum absolute atomic E-state index is 0.0414. The minimum Gasteiger partial charge on any atom is -0.489 e. The number of allylic oxidation sites excluding steroid dienone is 1. The van der Waals surface area contributed by atoms with Crippen molar-refractivity contribution in [3.63, 3.8) is 0 Å². The van der Waals surface area contributed by atoms with Gasteiger partial charge in [-0.1, -0.05) is 61.2 Å². The average Bonchev–Trinajstić information content (AvgIpc) is 2.80. The van der Waals surface area contributed by atoms with Gasteiger partial charge in [0.1, 0.15) is 12.4 Å². The molecule has 31 heavy (non-hydrogen) atoms. The van der Waals surface area contributed by atoms with Crippen molar-refractivity contribution >= 4 is 23.6 Å². The Morgan fingerprint density at radius 1 is 1.19 bits per heavy atom. The number of carbonyl (C=O) groups is 2. The number of carbonyl (C=O) groups excluding carboxylic acids is 2. The van der Waals surface area contributed by atoms with Crippen LogP contribution in [0, 0.1) is 11.3 Å². The second kappa shape index (κ2) is 11.2. The Hall–Kier alpha value is -3.24. The van der Waals surface area contributed by atoms with Gasteiger partial charge in [-0.3, -0.25) is 9.59 Å². The topological polar surface area (TPSA) is 88.4 Å². The number of thioether (sulfide) groups is 1. The molecule has 0 spiro atoms. The van der Waals surface area contributed by atoms with E-state index in [1.165, 1.54) is 0 Å². The lowest BCUT2D eigenvalue weighted by Gasteiger charge is -2.25. The van der Waals surface area contributed by atoms with Crippen LogP contribution in [0.5, 0.6) is 5.75 Å². The van der Waals surface area contributed by atoms with Crippen LogP contribution in [-0.2, 0) is 20.9 Å². The van der Waals surface area contributed by atoms with Gasteiger partial charge in [0.05, 0.1) is 29.0 Å². The van der Waals surface area contributed by atoms with Crippen molar-refractivity contribution in [1.29, 1.82) is 5.26 Å². The first-order chi connectivity index (χ1) is 15.1. The SMILES string of the molecule is CCCOC(=O)CSC1=C(C#N)[C@@H](c2ccc(OCc3ccccc3)cc2)CC(=O)N1. The van der Waals surface area contributed by atoms with E-state index in [4.69, 9.17) is 9.47 Å². The molecule has 3 rings (SSSR count). The fourth-order valence-electron chi connectivity index (χ4n) is 3.14. The van der Waals surface area contributed by atoms with Crippen LogP contribution < -0.4 is 10.1 Å². The van der Waals surface area contributed by atoms with E-state index in [2.05, 4.69) is 11.4 Å². The summed E-state index contributed by atoms with van der Waals surface area (Å²) in [6.45, 7) is 2.74. The van der Waals surface area contributed by atoms with Gasteiger partial charge in [-0.15, -0.1) is 0 Å². The number of ether oxygens (including phenoxy) is 2. The summed E-state index contributed by atoms with van der Waals surface area (Å²) in [5.74, 6) is -0.162. The summed E-state index contributed by atoms with van der Waals surface area (Å²) in [5.41, 5.74) is 2.38. The monoisotopic (exact) mass is 436 g/mol. The third-order valence-electron chi connectivity index (χ3n) is 4.69. The minimum atomic E-state index is -0.368. The largest absolute Gasteiger partial charge is 0.489 e. The number of nitrogens with one attached hydrogen (secondary N) is 1. The molecule has 0 radical (unpaired) electrons. The zero-order valence-electron chi connectivity index (χ0n) is 17.3. The summed E-state index contributed by atoms with van der Waals surface area (Å²) in [5, 5.41) is 12.9. The number of nitrogens with zero attached hydrogens (tertiary/aromatic N) is 1. The first-order valence-electron chi connectivity index (χ1n) is 10.1. The maximum atomic E-state index is 12.3. The molecule has 6 nitrogen and oxygen atoms in total. The molecule has 1 N–H and O–H groups in total. The molecular formula is C24H24N2O4S. The van der Waals surface area contributed by atoms with Gasteiger partial charge in [-0.25, -0.2) is 0 Å². The Morgan fingerprint density at radius 2 is 1.94 bits per heavy atom. The molecular weight excluding hydrogens is 412 g/mol. The highest BCUT2D eigenvalue weighted by atomic mass is 32.2. The maximum Gasteiger partial charge on any atom is 0.316 e. The second-order valence-electron chi connectivity index (χ2n) is 7.01. The lowest BCUT2D eigenvalue weighted by atomic mass is 9.87. The number of hydrogen-bond donors (Lipinski definition) is 1. The predicted octanol–water partition coefficient (Wildman–Crippen LogP) is 4.29. The molecule has 0 bridgehead atoms. The smallest absolute Gasteiger partial charge is 0.316 e. The number of nitriles is 1. The lowest BCUT2D eigenvalue weighted by molar-refractivity contribution is -0.140. The highest BCUT2D eigenvalue weighted by Gasteiger charge is 2.30. The van der Waals surface area contributed by atoms with Gasteiger partial charge in [0.25, 0.3) is 0 Å². The van der Waals surface area contributed by atoms with E-state index < -0.39 is 0 Å². The highest BCUT2D eigenvalue weighted by Crippen LogP contribution is 2.36. The third kappa shape index (κ3) is 6.37. The Kier molecular flexibility index (Phi) is 8.13. The summed E-state index contributed by atoms with van der Waals surface area (Å²) in [6.07, 6.45) is 0.921. The highest BCUT2D eigenvalue weighted by molar-refractivity contribution is 8.03. The van der Waals surface area contributed by atoms with E-state index in [1.807, 2.05) is 61.5 Å². The van der Waals surface area contributed by atoms with Crippen LogP contribution in [0.3, 0.4) is 0 Å². The average molecular weight is 437 g/mol. The number of esters is 1. The van der Waals surface area contributed by atoms with Gasteiger partial charge in [0.15, 0.2) is 0 Å². The molecule has 0 aromatic heterocycles. The molecule has 0 unspecified atom stereocenters. The van der Waals surface area contributed by atoms with E-state index in [9.17, 15) is 14.9 Å². The Labute approximate surface area is 186 Å². The maximum absolute atomic E-state index is 12.3. The molecule has 160 valence electrons. The van der Waals surface area contributed by atoms with Crippen LogP contribution in [0.25, 0.3) is 0 Å². The van der Waals surface area contributed by atoms with Crippen molar-refractivity contribution in [3.8, 4) is 11.8 Å². The van der Waals surface area contributed by atoms with Gasteiger partial charge in [0.2, 0.25) is 5.91 Å². The predicted molar refractivity (Wildman–Crippen MR) is 119 cm³/mol. The van der Waals surface area contributed by atoms with E-state index in [1.54, 1.807) is 0 Å². The first-order valence-corrected chi connectivity index (χ1v) is 11.1. The van der Waals surface area contributed by atoms with Crippen molar-refractivity contribution in [2.24, 2.45) is 0 Å². The van der Waals surface area contributed by atoms with Gasteiger partial charge >= 0.3 is 5.97 Å². The van der Waals surface area contributed by atoms with E-state index in [0.717, 1.165) is 29.3 Å². The summed E-state index contributed by atoms with van der Waals surface area (Å²) >= 11 is 1.13. The summed E-state index contributed by atoms with van der Waals surface area (Å²) in [4.78, 5) is 24.1. The van der Waals surface area contributed by atoms with Crippen molar-refractivity contribution in [3.05, 3.63) is 76.3 Å². The summed E-state index contributed by atoms with van der Waals surface area (Å²) < 4.78 is 10.9. The molecule has 1 aliphatic heterocycles. The molecule has 2 aromatic rings. The normalized spacial score (nSPS) is 15.7. The Balaban J connectivity index is 1.70. The number of hydrogen-bond acceptors (Lipinski definition) is 6. The Morgan fingerprint density at radius 3 is 2.61 bits per heavy atom. The molecule has 1 heterocycles. The zero-order chi connectivity index (χ0) is 22.1. The van der Waals surface area contributed by atoms with E-state index in [0.29, 0.717) is 29.6 Å². The zero-order valence-corrected chi connectivity index (χ0v) is 18.1. The van der Waals surface area contributed by atoms with Crippen LogP contribution in [0.2, 0.25) is 0 Å². The van der Waals surface area contributed by atoms with Gasteiger partial charge < -0.3 is 14.8 Å². The molecule has 7 heteroatoms. The van der Waals surface area contributed by atoms with Crippen molar-refractivity contribution < 1.29 is 19.1 Å². The van der Waals surface area contributed by atoms with Crippen molar-refractivity contribution in [1.82, 2.24) is 5.32 Å². The molecule has 0 aliphatic carbocycles. The van der Waals surface area contributed by atoms with Crippen LogP contribution in [-0.4, -0.2) is 24.2 Å². The molecule has 0 saturated heterocycles. The summed E-state index contributed by atoms with van der Waals surface area (Å²) in [7, 11) is 0. The van der Waals surface area contributed by atoms with E-state index in [-0.39, 0.29) is 30.0 Å². The fraction of sp³-hybridized carbons (Fsp3) is 0.292. The second-order valence-corrected chi connectivity index (χ2v) is 8.00. The molecule has 1 amide bonds. The molecule has 1 atom stereocenters. The molecule has 0 saturated carbocycles. The molecule has 2 aromatic carbocycles. The third-order valence-corrected chi connectivity index (χ3v) is 5.68. The molecule has 1 aliphatic rings. The standard InChI is InChI=1S/C24H24N2O4S/c1-2-12-29-23(28)16-31-24-21(14-25)20(13-22(27)26-24)18-8-10-19(11-9-18)30-15-17-6-4-3-5-7-17/h3-11,20H,2,12-13,15-16H2,1H3,(H,26,27)/t20-/m1/s1. The lowest BCUT2D eigenvalue weighted by Crippen LogP contribution is -2.31. The van der Waals surface area contributed by atoms with Gasteiger partial charge in [-0.2, -0.15) is 5.26 Å². The van der Waals surface area contributed by atoms with Crippen molar-refractivity contribution in [2.45, 2.75) is 32.3 Å².